The summed E-state index contributed by atoms with van der Waals surface area (Å²) in [6.45, 7) is 8.08. The molecule has 1 aromatic heterocycles. The molecule has 212 valence electrons. The third-order valence-electron chi connectivity index (χ3n) is 6.24. The van der Waals surface area contributed by atoms with Gasteiger partial charge >= 0.3 is 0 Å². The Balaban J connectivity index is 1.30. The van der Waals surface area contributed by atoms with Gasteiger partial charge in [0.15, 0.2) is 11.5 Å². The van der Waals surface area contributed by atoms with Gasteiger partial charge in [-0.2, -0.15) is 20.1 Å². The van der Waals surface area contributed by atoms with Crippen LogP contribution >= 0.6 is 23.2 Å². The van der Waals surface area contributed by atoms with E-state index in [1.807, 2.05) is 31.2 Å². The molecule has 13 heteroatoms. The molecule has 0 amide bonds. The van der Waals surface area contributed by atoms with Crippen molar-refractivity contribution in [3.05, 3.63) is 57.6 Å². The molecule has 11 nitrogen and oxygen atoms in total. The van der Waals surface area contributed by atoms with Crippen LogP contribution in [0.25, 0.3) is 0 Å². The van der Waals surface area contributed by atoms with Gasteiger partial charge in [-0.05, 0) is 42.8 Å². The summed E-state index contributed by atoms with van der Waals surface area (Å²) < 4.78 is 22.8. The molecule has 0 atom stereocenters. The van der Waals surface area contributed by atoms with Gasteiger partial charge in [0.25, 0.3) is 0 Å². The van der Waals surface area contributed by atoms with E-state index in [4.69, 9.17) is 47.1 Å². The Morgan fingerprint density at radius 2 is 1.55 bits per heavy atom. The number of hydrogen-bond acceptors (Lipinski definition) is 11. The van der Waals surface area contributed by atoms with Crippen molar-refractivity contribution >= 4 is 47.3 Å². The number of anilines is 3. The Morgan fingerprint density at radius 1 is 0.875 bits per heavy atom. The van der Waals surface area contributed by atoms with Gasteiger partial charge in [0.05, 0.1) is 39.2 Å². The number of ether oxygens (including phenoxy) is 4. The second-order valence-corrected chi connectivity index (χ2v) is 9.84. The van der Waals surface area contributed by atoms with Crippen molar-refractivity contribution in [2.24, 2.45) is 5.10 Å². The van der Waals surface area contributed by atoms with Crippen LogP contribution in [0.4, 0.5) is 17.8 Å². The molecule has 2 aromatic carbocycles. The van der Waals surface area contributed by atoms with Gasteiger partial charge in [-0.25, -0.2) is 5.43 Å². The molecular weight excluding hydrogens is 557 g/mol. The summed E-state index contributed by atoms with van der Waals surface area (Å²) >= 11 is 12.3. The van der Waals surface area contributed by atoms with Gasteiger partial charge in [0, 0.05) is 41.8 Å². The average Bonchev–Trinajstić information content (AvgIpc) is 2.98. The first-order chi connectivity index (χ1) is 19.6. The van der Waals surface area contributed by atoms with Crippen molar-refractivity contribution in [2.45, 2.75) is 13.5 Å². The van der Waals surface area contributed by atoms with Crippen molar-refractivity contribution in [3.8, 4) is 11.5 Å². The maximum atomic E-state index is 6.29. The largest absolute Gasteiger partial charge is 0.490 e. The fourth-order valence-electron chi connectivity index (χ4n) is 4.16. The van der Waals surface area contributed by atoms with Crippen LogP contribution in [0.2, 0.25) is 10.0 Å². The van der Waals surface area contributed by atoms with E-state index in [1.54, 1.807) is 18.3 Å². The van der Waals surface area contributed by atoms with E-state index in [2.05, 4.69) is 30.3 Å². The molecule has 5 rings (SSSR count). The zero-order chi connectivity index (χ0) is 27.7. The number of benzene rings is 2. The maximum absolute atomic E-state index is 6.29. The van der Waals surface area contributed by atoms with E-state index in [0.717, 1.165) is 11.1 Å². The second kappa shape index (κ2) is 13.8. The fourth-order valence-corrected chi connectivity index (χ4v) is 4.63. The minimum absolute atomic E-state index is 0.279. The minimum atomic E-state index is 0.279. The van der Waals surface area contributed by atoms with Crippen molar-refractivity contribution in [1.82, 2.24) is 15.0 Å². The van der Waals surface area contributed by atoms with Crippen LogP contribution in [0.5, 0.6) is 11.5 Å². The predicted octanol–water partition coefficient (Wildman–Crippen LogP) is 4.28. The molecule has 0 unspecified atom stereocenters. The van der Waals surface area contributed by atoms with E-state index >= 15 is 0 Å². The van der Waals surface area contributed by atoms with Crippen LogP contribution in [0, 0.1) is 0 Å². The molecule has 0 spiro atoms. The molecule has 2 saturated heterocycles. The smallest absolute Gasteiger partial charge is 0.250 e. The van der Waals surface area contributed by atoms with Gasteiger partial charge in [-0.1, -0.05) is 29.3 Å². The lowest BCUT2D eigenvalue weighted by molar-refractivity contribution is 0.121. The summed E-state index contributed by atoms with van der Waals surface area (Å²) in [5, 5.41) is 5.51. The van der Waals surface area contributed by atoms with Gasteiger partial charge in [0.2, 0.25) is 17.8 Å². The lowest BCUT2D eigenvalue weighted by atomic mass is 10.2. The molecule has 2 aliphatic rings. The van der Waals surface area contributed by atoms with Crippen LogP contribution in [-0.4, -0.2) is 80.4 Å². The minimum Gasteiger partial charge on any atom is -0.490 e. The van der Waals surface area contributed by atoms with Crippen LogP contribution in [-0.2, 0) is 16.1 Å². The molecule has 40 heavy (non-hydrogen) atoms. The quantitative estimate of drug-likeness (QED) is 0.273. The SMILES string of the molecule is CCOc1cc(/C=N/Nc2nc(N3CCOCC3)nc(N3CCOCC3)n2)ccc1OCc1ccc(Cl)cc1Cl. The standard InChI is InChI=1S/C27H31Cl2N7O4/c1-2-39-24-15-19(3-6-23(24)40-18-20-4-5-21(28)16-22(20)29)17-30-34-25-31-26(35-7-11-37-12-8-35)33-27(32-25)36-9-13-38-14-10-36/h3-6,15-17H,2,7-14,18H2,1H3,(H,31,32,33,34)/b30-17+. The highest BCUT2D eigenvalue weighted by Gasteiger charge is 2.20. The highest BCUT2D eigenvalue weighted by Crippen LogP contribution is 2.30. The lowest BCUT2D eigenvalue weighted by Gasteiger charge is -2.30. The summed E-state index contributed by atoms with van der Waals surface area (Å²) in [6.07, 6.45) is 1.68. The van der Waals surface area contributed by atoms with Gasteiger partial charge < -0.3 is 28.7 Å². The number of nitrogens with one attached hydrogen (secondary N) is 1. The summed E-state index contributed by atoms with van der Waals surface area (Å²) in [6, 6.07) is 10.9. The third-order valence-corrected chi connectivity index (χ3v) is 6.83. The fraction of sp³-hybridized carbons (Fsp3) is 0.407. The molecule has 0 bridgehead atoms. The van der Waals surface area contributed by atoms with Crippen LogP contribution < -0.4 is 24.7 Å². The Morgan fingerprint density at radius 3 is 2.17 bits per heavy atom. The first kappa shape index (κ1) is 28.2. The second-order valence-electron chi connectivity index (χ2n) is 8.99. The number of halogens is 2. The topological polar surface area (TPSA) is 106 Å². The first-order valence-corrected chi connectivity index (χ1v) is 13.9. The van der Waals surface area contributed by atoms with E-state index in [9.17, 15) is 0 Å². The van der Waals surface area contributed by atoms with Crippen LogP contribution in [0.1, 0.15) is 18.1 Å². The summed E-state index contributed by atoms with van der Waals surface area (Å²) in [5.41, 5.74) is 4.61. The van der Waals surface area contributed by atoms with E-state index in [1.165, 1.54) is 0 Å². The molecular formula is C27H31Cl2N7O4. The highest BCUT2D eigenvalue weighted by atomic mass is 35.5. The number of aromatic nitrogens is 3. The summed E-state index contributed by atoms with van der Waals surface area (Å²) in [4.78, 5) is 18.1. The van der Waals surface area contributed by atoms with Crippen LogP contribution in [0.3, 0.4) is 0 Å². The van der Waals surface area contributed by atoms with Crippen molar-refractivity contribution in [1.29, 1.82) is 0 Å². The molecule has 0 radical (unpaired) electrons. The molecule has 3 aromatic rings. The molecule has 0 aliphatic carbocycles. The Bertz CT molecular complexity index is 1280. The predicted molar refractivity (Wildman–Crippen MR) is 156 cm³/mol. The van der Waals surface area contributed by atoms with E-state index in [0.29, 0.717) is 98.6 Å². The van der Waals surface area contributed by atoms with Gasteiger partial charge in [-0.3, -0.25) is 0 Å². The van der Waals surface area contributed by atoms with Crippen molar-refractivity contribution in [2.75, 3.05) is 74.4 Å². The first-order valence-electron chi connectivity index (χ1n) is 13.1. The van der Waals surface area contributed by atoms with Gasteiger partial charge in [0.1, 0.15) is 6.61 Å². The monoisotopic (exact) mass is 587 g/mol. The molecule has 3 heterocycles. The molecule has 0 saturated carbocycles. The van der Waals surface area contributed by atoms with Crippen molar-refractivity contribution < 1.29 is 18.9 Å². The zero-order valence-corrected chi connectivity index (χ0v) is 23.7. The normalized spacial score (nSPS) is 15.9. The Kier molecular flexibility index (Phi) is 9.72. The Labute approximate surface area is 243 Å². The molecule has 2 aliphatic heterocycles. The zero-order valence-electron chi connectivity index (χ0n) is 22.2. The maximum Gasteiger partial charge on any atom is 0.250 e. The number of hydrazone groups is 1. The van der Waals surface area contributed by atoms with Crippen molar-refractivity contribution in [3.63, 3.8) is 0 Å². The average molecular weight is 588 g/mol. The molecule has 1 N–H and O–H groups in total. The molecule has 2 fully saturated rings. The third kappa shape index (κ3) is 7.42. The summed E-state index contributed by atoms with van der Waals surface area (Å²) in [7, 11) is 0. The number of hydrogen-bond donors (Lipinski definition) is 1. The van der Waals surface area contributed by atoms with E-state index in [-0.39, 0.29) is 6.61 Å². The highest BCUT2D eigenvalue weighted by molar-refractivity contribution is 6.35. The number of rotatable bonds is 10. The van der Waals surface area contributed by atoms with Crippen LogP contribution in [0.15, 0.2) is 41.5 Å². The van der Waals surface area contributed by atoms with Gasteiger partial charge in [-0.15, -0.1) is 0 Å². The lowest BCUT2D eigenvalue weighted by Crippen LogP contribution is -2.40. The number of morpholine rings is 2. The number of nitrogens with zero attached hydrogens (tertiary/aromatic N) is 6. The Hall–Kier alpha value is -3.38. The van der Waals surface area contributed by atoms with E-state index < -0.39 is 0 Å². The summed E-state index contributed by atoms with van der Waals surface area (Å²) in [5.74, 6) is 2.75.